The Morgan fingerprint density at radius 2 is 1.28 bits per heavy atom. The van der Waals surface area contributed by atoms with Crippen LogP contribution in [-0.2, 0) is 4.57 Å². The second kappa shape index (κ2) is 11.0. The third-order valence-electron chi connectivity index (χ3n) is 3.04. The first-order chi connectivity index (χ1) is 8.49. The molecule has 0 fully saturated rings. The highest BCUT2D eigenvalue weighted by atomic mass is 31.2. The maximum absolute atomic E-state index is 11.1. The van der Waals surface area contributed by atoms with Crippen LogP contribution in [0.4, 0.5) is 0 Å². The average molecular weight is 279 g/mol. The number of nitrogens with zero attached hydrogens (tertiary/aromatic N) is 1. The summed E-state index contributed by atoms with van der Waals surface area (Å²) in [6.45, 7) is 5.96. The summed E-state index contributed by atoms with van der Waals surface area (Å²) < 4.78 is 11.1. The van der Waals surface area contributed by atoms with Gasteiger partial charge in [-0.25, -0.2) is 0 Å². The van der Waals surface area contributed by atoms with Crippen LogP contribution in [0.5, 0.6) is 0 Å². The van der Waals surface area contributed by atoms with E-state index in [1.165, 1.54) is 25.7 Å². The molecule has 0 aliphatic carbocycles. The Hall–Kier alpha value is 0.110. The Labute approximate surface area is 112 Å². The minimum atomic E-state index is -3.91. The summed E-state index contributed by atoms with van der Waals surface area (Å²) >= 11 is 0. The first-order valence-electron chi connectivity index (χ1n) is 7.26. The molecule has 0 atom stereocenters. The van der Waals surface area contributed by atoms with Gasteiger partial charge >= 0.3 is 7.60 Å². The lowest BCUT2D eigenvalue weighted by atomic mass is 10.2. The highest BCUT2D eigenvalue weighted by Crippen LogP contribution is 2.35. The molecule has 0 heterocycles. The lowest BCUT2D eigenvalue weighted by molar-refractivity contribution is 0.265. The number of rotatable bonds is 12. The fourth-order valence-electron chi connectivity index (χ4n) is 2.04. The zero-order valence-corrected chi connectivity index (χ0v) is 12.9. The lowest BCUT2D eigenvalue weighted by Crippen LogP contribution is -2.27. The van der Waals surface area contributed by atoms with Gasteiger partial charge in [0, 0.05) is 0 Å². The zero-order valence-electron chi connectivity index (χ0n) is 12.0. The molecule has 0 unspecified atom stereocenters. The van der Waals surface area contributed by atoms with Gasteiger partial charge in [0.1, 0.15) is 6.29 Å². The number of hydrogen-bond acceptors (Lipinski definition) is 2. The molecule has 0 aliphatic heterocycles. The molecule has 0 aromatic rings. The van der Waals surface area contributed by atoms with E-state index in [2.05, 4.69) is 13.8 Å². The van der Waals surface area contributed by atoms with Crippen LogP contribution in [0.25, 0.3) is 0 Å². The normalized spacial score (nSPS) is 12.3. The molecule has 0 saturated heterocycles. The van der Waals surface area contributed by atoms with Crippen molar-refractivity contribution in [1.82, 2.24) is 4.90 Å². The van der Waals surface area contributed by atoms with E-state index >= 15 is 0 Å². The molecule has 0 aromatic carbocycles. The maximum atomic E-state index is 11.1. The Morgan fingerprint density at radius 1 is 0.833 bits per heavy atom. The van der Waals surface area contributed by atoms with Crippen LogP contribution < -0.4 is 0 Å². The summed E-state index contributed by atoms with van der Waals surface area (Å²) in [5.41, 5.74) is 0. The molecule has 0 aliphatic rings. The van der Waals surface area contributed by atoms with Gasteiger partial charge < -0.3 is 9.79 Å². The van der Waals surface area contributed by atoms with Crippen molar-refractivity contribution in [2.24, 2.45) is 0 Å². The van der Waals surface area contributed by atoms with Crippen molar-refractivity contribution in [3.05, 3.63) is 0 Å². The fourth-order valence-corrected chi connectivity index (χ4v) is 2.84. The van der Waals surface area contributed by atoms with E-state index in [9.17, 15) is 4.57 Å². The van der Waals surface area contributed by atoms with E-state index in [4.69, 9.17) is 9.79 Å². The second-order valence-electron chi connectivity index (χ2n) is 5.05. The van der Waals surface area contributed by atoms with Gasteiger partial charge in [-0.2, -0.15) is 0 Å². The van der Waals surface area contributed by atoms with Gasteiger partial charge in [0.05, 0.1) is 0 Å². The van der Waals surface area contributed by atoms with E-state index in [1.54, 1.807) is 0 Å². The topological polar surface area (TPSA) is 60.8 Å². The molecule has 0 saturated carbocycles. The Balaban J connectivity index is 3.88. The minimum absolute atomic E-state index is 0.0781. The molecule has 0 rings (SSSR count). The molecule has 2 N–H and O–H groups in total. The highest BCUT2D eigenvalue weighted by molar-refractivity contribution is 7.51. The monoisotopic (exact) mass is 279 g/mol. The van der Waals surface area contributed by atoms with Crippen molar-refractivity contribution in [2.75, 3.05) is 19.4 Å². The lowest BCUT2D eigenvalue weighted by Gasteiger charge is -2.22. The van der Waals surface area contributed by atoms with E-state index in [1.807, 2.05) is 4.90 Å². The molecule has 4 nitrogen and oxygen atoms in total. The zero-order chi connectivity index (χ0) is 13.9. The van der Waals surface area contributed by atoms with E-state index in [0.29, 0.717) is 0 Å². The van der Waals surface area contributed by atoms with Gasteiger partial charge in [-0.15, -0.1) is 0 Å². The SMILES string of the molecule is CCCCCCN(CCCCCC)CP(=O)(O)O. The van der Waals surface area contributed by atoms with Crippen molar-refractivity contribution in [2.45, 2.75) is 65.2 Å². The van der Waals surface area contributed by atoms with E-state index < -0.39 is 7.60 Å². The molecule has 0 amide bonds. The Kier molecular flexibility index (Phi) is 11.0. The number of hydrogen-bond donors (Lipinski definition) is 2. The van der Waals surface area contributed by atoms with Gasteiger partial charge in [0.25, 0.3) is 0 Å². The number of unbranched alkanes of at least 4 members (excludes halogenated alkanes) is 6. The van der Waals surface area contributed by atoms with Crippen molar-refractivity contribution in [1.29, 1.82) is 0 Å². The Morgan fingerprint density at radius 3 is 1.61 bits per heavy atom. The smallest absolute Gasteiger partial charge is 0.324 e. The molecule has 0 aromatic heterocycles. The summed E-state index contributed by atoms with van der Waals surface area (Å²) in [6.07, 6.45) is 9.11. The van der Waals surface area contributed by atoms with Crippen molar-refractivity contribution < 1.29 is 14.4 Å². The molecule has 0 spiro atoms. The summed E-state index contributed by atoms with van der Waals surface area (Å²) in [7, 11) is -3.91. The van der Waals surface area contributed by atoms with Crippen molar-refractivity contribution in [3.63, 3.8) is 0 Å². The quantitative estimate of drug-likeness (QED) is 0.423. The first-order valence-corrected chi connectivity index (χ1v) is 9.06. The molecule has 5 heteroatoms. The summed E-state index contributed by atoms with van der Waals surface area (Å²) in [5.74, 6) is 0. The average Bonchev–Trinajstić information content (AvgIpc) is 2.28. The summed E-state index contributed by atoms with van der Waals surface area (Å²) in [4.78, 5) is 20.1. The molecular formula is C13H30NO3P. The molecule has 0 bridgehead atoms. The van der Waals surface area contributed by atoms with Gasteiger partial charge in [0.2, 0.25) is 0 Å². The minimum Gasteiger partial charge on any atom is -0.324 e. The van der Waals surface area contributed by atoms with Crippen LogP contribution in [-0.4, -0.2) is 34.1 Å². The van der Waals surface area contributed by atoms with Crippen molar-refractivity contribution >= 4 is 7.60 Å². The second-order valence-corrected chi connectivity index (χ2v) is 6.66. The highest BCUT2D eigenvalue weighted by Gasteiger charge is 2.18. The molecular weight excluding hydrogens is 249 g/mol. The summed E-state index contributed by atoms with van der Waals surface area (Å²) in [6, 6.07) is 0. The van der Waals surface area contributed by atoms with Crippen LogP contribution in [0, 0.1) is 0 Å². The van der Waals surface area contributed by atoms with E-state index in [0.717, 1.165) is 38.8 Å². The first kappa shape index (κ1) is 18.1. The van der Waals surface area contributed by atoms with Crippen LogP contribution in [0.3, 0.4) is 0 Å². The van der Waals surface area contributed by atoms with Crippen LogP contribution >= 0.6 is 7.60 Å². The Bertz CT molecular complexity index is 218. The van der Waals surface area contributed by atoms with Gasteiger partial charge in [-0.3, -0.25) is 9.46 Å². The van der Waals surface area contributed by atoms with Gasteiger partial charge in [-0.1, -0.05) is 52.4 Å². The largest absolute Gasteiger partial charge is 0.339 e. The van der Waals surface area contributed by atoms with Crippen LogP contribution in [0.1, 0.15) is 65.2 Å². The standard InChI is InChI=1S/C13H30NO3P/c1-3-5-7-9-11-14(13-18(15,16)17)12-10-8-6-4-2/h3-13H2,1-2H3,(H2,15,16,17). The molecule has 0 radical (unpaired) electrons. The van der Waals surface area contributed by atoms with Crippen LogP contribution in [0.2, 0.25) is 0 Å². The molecule has 110 valence electrons. The van der Waals surface area contributed by atoms with Gasteiger partial charge in [0.15, 0.2) is 0 Å². The van der Waals surface area contributed by atoms with Crippen molar-refractivity contribution in [3.8, 4) is 0 Å². The van der Waals surface area contributed by atoms with E-state index in [-0.39, 0.29) is 6.29 Å². The third kappa shape index (κ3) is 12.6. The van der Waals surface area contributed by atoms with Crippen LogP contribution in [0.15, 0.2) is 0 Å². The molecule has 18 heavy (non-hydrogen) atoms. The predicted molar refractivity (Wildman–Crippen MR) is 76.8 cm³/mol. The van der Waals surface area contributed by atoms with Gasteiger partial charge in [-0.05, 0) is 25.9 Å². The third-order valence-corrected chi connectivity index (χ3v) is 3.81. The summed E-state index contributed by atoms with van der Waals surface area (Å²) in [5, 5.41) is 0. The maximum Gasteiger partial charge on any atom is 0.339 e. The predicted octanol–water partition coefficient (Wildman–Crippen LogP) is 3.58. The fraction of sp³-hybridized carbons (Fsp3) is 1.00.